The van der Waals surface area contributed by atoms with E-state index >= 15 is 0 Å². The largest absolute Gasteiger partial charge is 0.486 e. The molecule has 38 heavy (non-hydrogen) atoms. The van der Waals surface area contributed by atoms with Gasteiger partial charge in [0.25, 0.3) is 0 Å². The van der Waals surface area contributed by atoms with Crippen molar-refractivity contribution in [2.45, 2.75) is 50.6 Å². The van der Waals surface area contributed by atoms with E-state index in [4.69, 9.17) is 14.2 Å². The number of ether oxygens (including phenoxy) is 4. The van der Waals surface area contributed by atoms with E-state index in [0.717, 1.165) is 48.3 Å². The van der Waals surface area contributed by atoms with Gasteiger partial charge in [0.1, 0.15) is 24.7 Å². The molecule has 2 aromatic carbocycles. The number of nitrogens with one attached hydrogen (secondary N) is 1. The minimum atomic E-state index is -4.65. The molecule has 5 rings (SSSR count). The lowest BCUT2D eigenvalue weighted by atomic mass is 9.92. The van der Waals surface area contributed by atoms with Gasteiger partial charge in [0.2, 0.25) is 0 Å². The molecule has 3 aromatic rings. The Bertz CT molecular complexity index is 1350. The van der Waals surface area contributed by atoms with Crippen molar-refractivity contribution in [2.24, 2.45) is 0 Å². The van der Waals surface area contributed by atoms with Crippen LogP contribution in [0.1, 0.15) is 37.8 Å². The average Bonchev–Trinajstić information content (AvgIpc) is 3.16. The molecule has 1 saturated heterocycles. The maximum absolute atomic E-state index is 12.7. The average molecular weight is 530 g/mol. The van der Waals surface area contributed by atoms with Crippen molar-refractivity contribution in [2.75, 3.05) is 25.3 Å². The van der Waals surface area contributed by atoms with E-state index in [0.29, 0.717) is 24.5 Å². The highest BCUT2D eigenvalue weighted by molar-refractivity contribution is 5.96. The summed E-state index contributed by atoms with van der Waals surface area (Å²) in [5.41, 5.74) is 3.16. The molecule has 0 spiro atoms. The summed E-state index contributed by atoms with van der Waals surface area (Å²) in [6.07, 6.45) is -5.26. The Labute approximate surface area is 216 Å². The topological polar surface area (TPSA) is 94.7 Å². The summed E-state index contributed by atoms with van der Waals surface area (Å²) < 4.78 is 61.2. The van der Waals surface area contributed by atoms with Crippen LogP contribution in [0.15, 0.2) is 42.5 Å². The summed E-state index contributed by atoms with van der Waals surface area (Å²) in [5.74, 6) is 0.608. The molecule has 2 fully saturated rings. The van der Waals surface area contributed by atoms with Gasteiger partial charge in [0.15, 0.2) is 6.10 Å². The number of anilines is 1. The summed E-state index contributed by atoms with van der Waals surface area (Å²) in [6.45, 7) is 1.84. The van der Waals surface area contributed by atoms with Gasteiger partial charge in [-0.3, -0.25) is 5.32 Å². The van der Waals surface area contributed by atoms with E-state index in [1.807, 2.05) is 18.2 Å². The predicted octanol–water partition coefficient (Wildman–Crippen LogP) is 6.16. The second kappa shape index (κ2) is 10.6. The van der Waals surface area contributed by atoms with Crippen LogP contribution in [0.3, 0.4) is 0 Å². The molecule has 11 heteroatoms. The van der Waals surface area contributed by atoms with E-state index in [1.165, 1.54) is 0 Å². The smallest absolute Gasteiger partial charge is 0.425 e. The molecule has 200 valence electrons. The first-order chi connectivity index (χ1) is 18.2. The molecule has 0 radical (unpaired) electrons. The number of hydrogen-bond acceptors (Lipinski definition) is 6. The van der Waals surface area contributed by atoms with E-state index in [1.54, 1.807) is 24.3 Å². The molecule has 1 aromatic heterocycles. The van der Waals surface area contributed by atoms with Crippen LogP contribution in [0.25, 0.3) is 22.2 Å². The van der Waals surface area contributed by atoms with Crippen molar-refractivity contribution in [3.8, 4) is 23.1 Å². The zero-order valence-electron chi connectivity index (χ0n) is 20.6. The summed E-state index contributed by atoms with van der Waals surface area (Å²) >= 11 is 0. The first-order valence-corrected chi connectivity index (χ1v) is 12.3. The summed E-state index contributed by atoms with van der Waals surface area (Å²) in [6, 6.07) is 14.8. The first kappa shape index (κ1) is 25.9. The van der Waals surface area contributed by atoms with Gasteiger partial charge in [-0.05, 0) is 62.1 Å². The standard InChI is InChI=1S/C27H26F3N3O5/c1-16(27(28,29)30)37-26(34)32-18-7-5-17(6-8-18)25-23(12-31)22-11-20(38-21-13-35-15-36-14-21)9-10-24(22)33(25)19-3-2-4-19/h5-11,16,19,21H,2-4,13-15H2,1H3,(H,32,34)/t16-/m1/s1. The number of halogens is 3. The summed E-state index contributed by atoms with van der Waals surface area (Å²) in [5, 5.41) is 13.3. The molecule has 2 aliphatic rings. The lowest BCUT2D eigenvalue weighted by Crippen LogP contribution is -2.33. The van der Waals surface area contributed by atoms with Crippen LogP contribution in [0.5, 0.6) is 5.75 Å². The molecule has 0 bridgehead atoms. The lowest BCUT2D eigenvalue weighted by Gasteiger charge is -2.30. The maximum atomic E-state index is 12.7. The van der Waals surface area contributed by atoms with E-state index in [-0.39, 0.29) is 24.6 Å². The number of carbonyl (C=O) groups excluding carboxylic acids is 1. The number of hydrogen-bond donors (Lipinski definition) is 1. The molecular weight excluding hydrogens is 503 g/mol. The highest BCUT2D eigenvalue weighted by Gasteiger charge is 2.39. The van der Waals surface area contributed by atoms with E-state index in [2.05, 4.69) is 20.7 Å². The molecular formula is C27H26F3N3O5. The fraction of sp³-hybridized carbons (Fsp3) is 0.407. The Morgan fingerprint density at radius 2 is 1.87 bits per heavy atom. The Morgan fingerprint density at radius 1 is 1.16 bits per heavy atom. The lowest BCUT2D eigenvalue weighted by molar-refractivity contribution is -0.196. The normalized spacial score (nSPS) is 17.4. The van der Waals surface area contributed by atoms with Crippen LogP contribution >= 0.6 is 0 Å². The van der Waals surface area contributed by atoms with Gasteiger partial charge >= 0.3 is 12.3 Å². The van der Waals surface area contributed by atoms with Crippen molar-refractivity contribution in [1.29, 1.82) is 5.26 Å². The number of rotatable bonds is 6. The second-order valence-electron chi connectivity index (χ2n) is 9.36. The van der Waals surface area contributed by atoms with E-state index < -0.39 is 18.4 Å². The predicted molar refractivity (Wildman–Crippen MR) is 132 cm³/mol. The Kier molecular flexibility index (Phi) is 7.19. The minimum absolute atomic E-state index is 0.234. The molecule has 1 N–H and O–H groups in total. The Hall–Kier alpha value is -3.75. The van der Waals surface area contributed by atoms with Gasteiger partial charge in [-0.15, -0.1) is 0 Å². The number of benzene rings is 2. The number of carbonyl (C=O) groups is 1. The van der Waals surface area contributed by atoms with Crippen LogP contribution < -0.4 is 10.1 Å². The van der Waals surface area contributed by atoms with Crippen molar-refractivity contribution in [3.05, 3.63) is 48.0 Å². The monoisotopic (exact) mass is 529 g/mol. The summed E-state index contributed by atoms with van der Waals surface area (Å²) in [4.78, 5) is 11.9. The fourth-order valence-corrected chi connectivity index (χ4v) is 4.60. The maximum Gasteiger partial charge on any atom is 0.425 e. The Morgan fingerprint density at radius 3 is 2.47 bits per heavy atom. The molecule has 1 amide bonds. The van der Waals surface area contributed by atoms with E-state index in [9.17, 15) is 23.2 Å². The molecule has 1 aliphatic carbocycles. The van der Waals surface area contributed by atoms with Crippen molar-refractivity contribution in [3.63, 3.8) is 0 Å². The number of aromatic nitrogens is 1. The summed E-state index contributed by atoms with van der Waals surface area (Å²) in [7, 11) is 0. The molecule has 1 aliphatic heterocycles. The van der Waals surface area contributed by atoms with Crippen molar-refractivity contribution >= 4 is 22.7 Å². The van der Waals surface area contributed by atoms with Crippen molar-refractivity contribution in [1.82, 2.24) is 4.57 Å². The minimum Gasteiger partial charge on any atom is -0.486 e. The van der Waals surface area contributed by atoms with Crippen LogP contribution in [-0.4, -0.2) is 49.1 Å². The fourth-order valence-electron chi connectivity index (χ4n) is 4.60. The third-order valence-corrected chi connectivity index (χ3v) is 6.75. The number of alkyl halides is 3. The van der Waals surface area contributed by atoms with Crippen LogP contribution in [0.2, 0.25) is 0 Å². The molecule has 8 nitrogen and oxygen atoms in total. The van der Waals surface area contributed by atoms with Gasteiger partial charge in [0.05, 0.1) is 30.0 Å². The highest BCUT2D eigenvalue weighted by atomic mass is 19.4. The van der Waals surface area contributed by atoms with Gasteiger partial charge in [0, 0.05) is 17.1 Å². The SMILES string of the molecule is C[C@@H](OC(=O)Nc1ccc(-c2c(C#N)c3cc(OC4COCOC4)ccc3n2C2CCC2)cc1)C(F)(F)F. The quantitative estimate of drug-likeness (QED) is 0.411. The van der Waals surface area contributed by atoms with Gasteiger partial charge in [-0.1, -0.05) is 12.1 Å². The molecule has 1 atom stereocenters. The van der Waals surface area contributed by atoms with Crippen LogP contribution in [0, 0.1) is 11.3 Å². The Balaban J connectivity index is 1.45. The number of amides is 1. The van der Waals surface area contributed by atoms with Crippen LogP contribution in [0.4, 0.5) is 23.7 Å². The van der Waals surface area contributed by atoms with Crippen LogP contribution in [-0.2, 0) is 14.2 Å². The zero-order chi connectivity index (χ0) is 26.9. The van der Waals surface area contributed by atoms with Gasteiger partial charge in [-0.2, -0.15) is 18.4 Å². The third-order valence-electron chi connectivity index (χ3n) is 6.75. The third kappa shape index (κ3) is 5.28. The first-order valence-electron chi connectivity index (χ1n) is 12.3. The molecule has 2 heterocycles. The zero-order valence-corrected chi connectivity index (χ0v) is 20.6. The second-order valence-corrected chi connectivity index (χ2v) is 9.36. The number of fused-ring (bicyclic) bond motifs is 1. The highest BCUT2D eigenvalue weighted by Crippen LogP contribution is 2.43. The number of nitriles is 1. The van der Waals surface area contributed by atoms with Gasteiger partial charge in [-0.25, -0.2) is 4.79 Å². The number of nitrogens with zero attached hydrogens (tertiary/aromatic N) is 2. The molecule has 1 saturated carbocycles. The van der Waals surface area contributed by atoms with Crippen molar-refractivity contribution < 1.29 is 36.9 Å². The van der Waals surface area contributed by atoms with Gasteiger partial charge < -0.3 is 23.5 Å². The molecule has 0 unspecified atom stereocenters.